The van der Waals surface area contributed by atoms with Crippen molar-refractivity contribution < 1.29 is 19.1 Å². The summed E-state index contributed by atoms with van der Waals surface area (Å²) in [6.07, 6.45) is 1.95. The molecule has 0 bridgehead atoms. The molecule has 1 aromatic carbocycles. The van der Waals surface area contributed by atoms with Gasteiger partial charge in [-0.25, -0.2) is 4.98 Å². The van der Waals surface area contributed by atoms with Gasteiger partial charge < -0.3 is 10.1 Å². The number of nitrogens with zero attached hydrogens (tertiary/aromatic N) is 2. The van der Waals surface area contributed by atoms with Gasteiger partial charge in [0.2, 0.25) is 11.8 Å². The summed E-state index contributed by atoms with van der Waals surface area (Å²) >= 11 is 0. The maximum Gasteiger partial charge on any atom is 0.262 e. The van der Waals surface area contributed by atoms with Crippen molar-refractivity contribution in [3.63, 3.8) is 0 Å². The van der Waals surface area contributed by atoms with E-state index in [1.165, 1.54) is 0 Å². The maximum atomic E-state index is 13.1. The molecule has 7 heteroatoms. The average Bonchev–Trinajstić information content (AvgIpc) is 2.95. The highest BCUT2D eigenvalue weighted by Crippen LogP contribution is 2.27. The van der Waals surface area contributed by atoms with Crippen molar-refractivity contribution in [3.8, 4) is 5.88 Å². The molecule has 0 spiro atoms. The zero-order valence-electron chi connectivity index (χ0n) is 17.7. The molecule has 1 aliphatic heterocycles. The Labute approximate surface area is 176 Å². The summed E-state index contributed by atoms with van der Waals surface area (Å²) in [5.74, 6) is -0.669. The summed E-state index contributed by atoms with van der Waals surface area (Å²) in [5, 5.41) is 2.86. The minimum Gasteiger partial charge on any atom is -0.475 e. The number of pyridine rings is 1. The Balaban J connectivity index is 1.80. The molecule has 158 valence electrons. The van der Waals surface area contributed by atoms with Gasteiger partial charge in [0, 0.05) is 18.3 Å². The first-order valence-corrected chi connectivity index (χ1v) is 10.1. The largest absolute Gasteiger partial charge is 0.475 e. The molecule has 2 aromatic rings. The van der Waals surface area contributed by atoms with E-state index in [9.17, 15) is 14.4 Å². The second kappa shape index (κ2) is 9.07. The van der Waals surface area contributed by atoms with Gasteiger partial charge >= 0.3 is 0 Å². The first-order valence-electron chi connectivity index (χ1n) is 10.1. The van der Waals surface area contributed by atoms with Crippen LogP contribution in [0.2, 0.25) is 0 Å². The number of hydrogen-bond acceptors (Lipinski definition) is 5. The van der Waals surface area contributed by atoms with Gasteiger partial charge in [-0.15, -0.1) is 0 Å². The SMILES string of the molecule is CC(C)CC(C(=O)NCc1cccnc1OC(C)C)N1C(=O)c2ccccc2C1=O. The van der Waals surface area contributed by atoms with Gasteiger partial charge in [-0.2, -0.15) is 0 Å². The third-order valence-corrected chi connectivity index (χ3v) is 4.78. The van der Waals surface area contributed by atoms with Gasteiger partial charge in [-0.3, -0.25) is 19.3 Å². The molecule has 0 fully saturated rings. The van der Waals surface area contributed by atoms with E-state index >= 15 is 0 Å². The number of aromatic nitrogens is 1. The van der Waals surface area contributed by atoms with E-state index in [1.807, 2.05) is 33.8 Å². The Kier molecular flexibility index (Phi) is 6.50. The van der Waals surface area contributed by atoms with Crippen LogP contribution in [0.5, 0.6) is 5.88 Å². The average molecular weight is 409 g/mol. The lowest BCUT2D eigenvalue weighted by molar-refractivity contribution is -0.125. The number of carbonyl (C=O) groups excluding carboxylic acids is 3. The second-order valence-electron chi connectivity index (χ2n) is 8.02. The van der Waals surface area contributed by atoms with Crippen LogP contribution in [0.25, 0.3) is 0 Å². The molecule has 7 nitrogen and oxygen atoms in total. The first-order chi connectivity index (χ1) is 14.3. The quantitative estimate of drug-likeness (QED) is 0.677. The van der Waals surface area contributed by atoms with Crippen LogP contribution in [-0.4, -0.2) is 39.8 Å². The molecule has 0 aliphatic carbocycles. The topological polar surface area (TPSA) is 88.6 Å². The number of nitrogens with one attached hydrogen (secondary N) is 1. The number of imide groups is 1. The highest BCUT2D eigenvalue weighted by molar-refractivity contribution is 6.22. The third-order valence-electron chi connectivity index (χ3n) is 4.78. The summed E-state index contributed by atoms with van der Waals surface area (Å²) < 4.78 is 5.70. The van der Waals surface area contributed by atoms with Crippen molar-refractivity contribution in [1.82, 2.24) is 15.2 Å². The van der Waals surface area contributed by atoms with Gasteiger partial charge in [0.25, 0.3) is 11.8 Å². The fraction of sp³-hybridized carbons (Fsp3) is 0.391. The third kappa shape index (κ3) is 4.50. The molecule has 0 saturated carbocycles. The predicted octanol–water partition coefficient (Wildman–Crippen LogP) is 3.20. The molecule has 1 N–H and O–H groups in total. The van der Waals surface area contributed by atoms with Gasteiger partial charge in [0.15, 0.2) is 0 Å². The Morgan fingerprint density at radius 2 is 1.67 bits per heavy atom. The molecule has 1 unspecified atom stereocenters. The molecule has 30 heavy (non-hydrogen) atoms. The highest BCUT2D eigenvalue weighted by atomic mass is 16.5. The van der Waals surface area contributed by atoms with E-state index in [4.69, 9.17) is 4.74 Å². The van der Waals surface area contributed by atoms with Crippen LogP contribution >= 0.6 is 0 Å². The lowest BCUT2D eigenvalue weighted by Gasteiger charge is -2.27. The van der Waals surface area contributed by atoms with Crippen molar-refractivity contribution in [1.29, 1.82) is 0 Å². The van der Waals surface area contributed by atoms with Crippen molar-refractivity contribution >= 4 is 17.7 Å². The van der Waals surface area contributed by atoms with Crippen molar-refractivity contribution in [2.45, 2.75) is 52.8 Å². The Morgan fingerprint density at radius 3 is 2.23 bits per heavy atom. The highest BCUT2D eigenvalue weighted by Gasteiger charge is 2.42. The molecule has 3 amide bonds. The van der Waals surface area contributed by atoms with Crippen LogP contribution < -0.4 is 10.1 Å². The maximum absolute atomic E-state index is 13.1. The zero-order valence-corrected chi connectivity index (χ0v) is 17.7. The van der Waals surface area contributed by atoms with E-state index < -0.39 is 17.9 Å². The molecule has 2 heterocycles. The molecular weight excluding hydrogens is 382 g/mol. The van der Waals surface area contributed by atoms with E-state index in [0.29, 0.717) is 23.4 Å². The molecule has 1 aromatic heterocycles. The van der Waals surface area contributed by atoms with E-state index in [2.05, 4.69) is 10.3 Å². The van der Waals surface area contributed by atoms with Crippen LogP contribution in [0.1, 0.15) is 60.4 Å². The molecule has 1 atom stereocenters. The minimum atomic E-state index is -0.886. The van der Waals surface area contributed by atoms with Crippen molar-refractivity contribution in [2.24, 2.45) is 5.92 Å². The fourth-order valence-electron chi connectivity index (χ4n) is 3.46. The fourth-order valence-corrected chi connectivity index (χ4v) is 3.46. The summed E-state index contributed by atoms with van der Waals surface area (Å²) in [5.41, 5.74) is 1.40. The lowest BCUT2D eigenvalue weighted by atomic mass is 10.0. The van der Waals surface area contributed by atoms with Crippen molar-refractivity contribution in [3.05, 3.63) is 59.3 Å². The molecule has 0 saturated heterocycles. The lowest BCUT2D eigenvalue weighted by Crippen LogP contribution is -2.50. The summed E-state index contributed by atoms with van der Waals surface area (Å²) in [6.45, 7) is 7.89. The minimum absolute atomic E-state index is 0.0543. The van der Waals surface area contributed by atoms with Crippen LogP contribution in [0, 0.1) is 5.92 Å². The van der Waals surface area contributed by atoms with Crippen LogP contribution in [0.15, 0.2) is 42.6 Å². The Hall–Kier alpha value is -3.22. The van der Waals surface area contributed by atoms with Crippen LogP contribution in [0.3, 0.4) is 0 Å². The summed E-state index contributed by atoms with van der Waals surface area (Å²) in [4.78, 5) is 44.2. The van der Waals surface area contributed by atoms with Crippen LogP contribution in [-0.2, 0) is 11.3 Å². The van der Waals surface area contributed by atoms with E-state index in [0.717, 1.165) is 10.5 Å². The number of ether oxygens (including phenoxy) is 1. The van der Waals surface area contributed by atoms with Gasteiger partial charge in [0.05, 0.1) is 17.2 Å². The number of hydrogen-bond donors (Lipinski definition) is 1. The zero-order chi connectivity index (χ0) is 21.8. The molecule has 3 rings (SSSR count). The summed E-state index contributed by atoms with van der Waals surface area (Å²) in [6, 6.07) is 9.36. The number of amides is 3. The molecule has 0 radical (unpaired) electrons. The van der Waals surface area contributed by atoms with E-state index in [-0.39, 0.29) is 24.5 Å². The number of benzene rings is 1. The molecule has 1 aliphatic rings. The number of fused-ring (bicyclic) bond motifs is 1. The first kappa shape index (κ1) is 21.5. The Bertz CT molecular complexity index is 920. The monoisotopic (exact) mass is 409 g/mol. The predicted molar refractivity (Wildman–Crippen MR) is 112 cm³/mol. The molecular formula is C23H27N3O4. The van der Waals surface area contributed by atoms with Crippen LogP contribution in [0.4, 0.5) is 0 Å². The van der Waals surface area contributed by atoms with Gasteiger partial charge in [-0.05, 0) is 44.4 Å². The Morgan fingerprint density at radius 1 is 1.03 bits per heavy atom. The smallest absolute Gasteiger partial charge is 0.262 e. The standard InChI is InChI=1S/C23H27N3O4/c1-14(2)12-19(26-22(28)17-9-5-6-10-18(17)23(26)29)20(27)25-13-16-8-7-11-24-21(16)30-15(3)4/h5-11,14-15,19H,12-13H2,1-4H3,(H,25,27). The number of carbonyl (C=O) groups is 3. The normalized spacial score (nSPS) is 14.3. The summed E-state index contributed by atoms with van der Waals surface area (Å²) in [7, 11) is 0. The van der Waals surface area contributed by atoms with E-state index in [1.54, 1.807) is 36.5 Å². The van der Waals surface area contributed by atoms with Crippen molar-refractivity contribution in [2.75, 3.05) is 0 Å². The number of rotatable bonds is 8. The van der Waals surface area contributed by atoms with Gasteiger partial charge in [-0.1, -0.05) is 32.0 Å². The second-order valence-corrected chi connectivity index (χ2v) is 8.02. The van der Waals surface area contributed by atoms with Gasteiger partial charge in [0.1, 0.15) is 6.04 Å².